The third-order valence-corrected chi connectivity index (χ3v) is 15.9. The molecule has 2 aromatic heterocycles. The van der Waals surface area contributed by atoms with E-state index in [4.69, 9.17) is 8.83 Å². The lowest BCUT2D eigenvalue weighted by atomic mass is 9.89. The second-order valence-corrected chi connectivity index (χ2v) is 19.9. The Hall–Kier alpha value is -7.30. The molecular weight excluding hydrogens is 853 g/mol. The molecule has 4 heteroatoms. The fraction of sp³-hybridized carbons (Fsp3) is 0.242. The Morgan fingerprint density at radius 1 is 0.443 bits per heavy atom. The van der Waals surface area contributed by atoms with Crippen LogP contribution >= 0.6 is 0 Å². The first-order valence-electron chi connectivity index (χ1n) is 26.0. The summed E-state index contributed by atoms with van der Waals surface area (Å²) in [6.07, 6.45) is 16.5. The zero-order valence-corrected chi connectivity index (χ0v) is 41.1. The van der Waals surface area contributed by atoms with Gasteiger partial charge in [-0.25, -0.2) is 0 Å². The van der Waals surface area contributed by atoms with Crippen LogP contribution in [0.1, 0.15) is 106 Å². The maximum atomic E-state index is 7.20. The van der Waals surface area contributed by atoms with Crippen LogP contribution in [0.5, 0.6) is 0 Å². The Morgan fingerprint density at radius 3 is 1.61 bits per heavy atom. The van der Waals surface area contributed by atoms with Crippen LogP contribution in [-0.2, 0) is 0 Å². The molecule has 0 spiro atoms. The van der Waals surface area contributed by atoms with Gasteiger partial charge in [0, 0.05) is 50.3 Å². The minimum absolute atomic E-state index is 0.321. The van der Waals surface area contributed by atoms with Gasteiger partial charge in [-0.15, -0.1) is 0 Å². The van der Waals surface area contributed by atoms with E-state index in [0.29, 0.717) is 12.1 Å². The van der Waals surface area contributed by atoms with Crippen LogP contribution in [0.2, 0.25) is 0 Å². The minimum atomic E-state index is 0.321. The Balaban J connectivity index is 1.08. The van der Waals surface area contributed by atoms with Gasteiger partial charge in [0.05, 0.1) is 22.8 Å². The summed E-state index contributed by atoms with van der Waals surface area (Å²) in [5.74, 6) is 1.91. The number of allylic oxidation sites excluding steroid dienone is 2. The van der Waals surface area contributed by atoms with Crippen LogP contribution in [0, 0.1) is 13.8 Å². The first kappa shape index (κ1) is 43.9. The SMILES string of the molecule is C/C=C(/c1ccccc1)c1oc(/C(=C\C)N(c2cc3c4ccccc4c(N(c4cccc5c4oc4c(-c6ccccc6)cccc45)C4CCCCC4)cc3c3ccccc23)C2CCCCC2)c(C)c1C. The van der Waals surface area contributed by atoms with Gasteiger partial charge in [0.1, 0.15) is 11.3 Å². The van der Waals surface area contributed by atoms with Crippen LogP contribution < -0.4 is 9.80 Å². The van der Waals surface area contributed by atoms with Crippen molar-refractivity contribution >= 4 is 82.6 Å². The van der Waals surface area contributed by atoms with E-state index < -0.39 is 0 Å². The van der Waals surface area contributed by atoms with Crippen molar-refractivity contribution in [3.63, 3.8) is 0 Å². The number of anilines is 3. The Bertz CT molecular complexity index is 3620. The molecule has 4 nitrogen and oxygen atoms in total. The molecule has 2 saturated carbocycles. The molecule has 0 aliphatic heterocycles. The lowest BCUT2D eigenvalue weighted by molar-refractivity contribution is 0.434. The molecule has 0 unspecified atom stereocenters. The van der Waals surface area contributed by atoms with E-state index in [9.17, 15) is 0 Å². The third kappa shape index (κ3) is 7.42. The molecule has 0 amide bonds. The molecule has 0 bridgehead atoms. The van der Waals surface area contributed by atoms with E-state index in [0.717, 1.165) is 81.7 Å². The van der Waals surface area contributed by atoms with Gasteiger partial charge in [-0.05, 0) is 110 Å². The Labute approximate surface area is 412 Å². The van der Waals surface area contributed by atoms with Gasteiger partial charge >= 0.3 is 0 Å². The molecule has 2 heterocycles. The van der Waals surface area contributed by atoms with Crippen LogP contribution in [0.4, 0.5) is 17.1 Å². The van der Waals surface area contributed by atoms with E-state index in [1.165, 1.54) is 104 Å². The number of nitrogens with zero attached hydrogens (tertiary/aromatic N) is 2. The number of benzene rings is 8. The highest BCUT2D eigenvalue weighted by Crippen LogP contribution is 2.50. The van der Waals surface area contributed by atoms with Gasteiger partial charge in [0.2, 0.25) is 0 Å². The van der Waals surface area contributed by atoms with Crippen molar-refractivity contribution in [3.8, 4) is 11.1 Å². The molecule has 8 aromatic carbocycles. The van der Waals surface area contributed by atoms with E-state index in [-0.39, 0.29) is 0 Å². The highest BCUT2D eigenvalue weighted by atomic mass is 16.3. The molecule has 0 radical (unpaired) electrons. The van der Waals surface area contributed by atoms with E-state index in [1.807, 2.05) is 0 Å². The third-order valence-electron chi connectivity index (χ3n) is 15.9. The van der Waals surface area contributed by atoms with Crippen LogP contribution in [0.3, 0.4) is 0 Å². The zero-order valence-electron chi connectivity index (χ0n) is 41.1. The van der Waals surface area contributed by atoms with Gasteiger partial charge < -0.3 is 18.6 Å². The van der Waals surface area contributed by atoms with E-state index in [2.05, 4.69) is 207 Å². The lowest BCUT2D eigenvalue weighted by Gasteiger charge is -2.39. The van der Waals surface area contributed by atoms with Crippen LogP contribution in [-0.4, -0.2) is 12.1 Å². The van der Waals surface area contributed by atoms with Crippen molar-refractivity contribution in [3.05, 3.63) is 198 Å². The highest BCUT2D eigenvalue weighted by molar-refractivity contribution is 6.24. The summed E-state index contributed by atoms with van der Waals surface area (Å²) in [5.41, 5.74) is 13.6. The summed E-state index contributed by atoms with van der Waals surface area (Å²) < 4.78 is 14.4. The predicted molar refractivity (Wildman–Crippen MR) is 298 cm³/mol. The number of hydrogen-bond donors (Lipinski definition) is 0. The summed E-state index contributed by atoms with van der Waals surface area (Å²) in [5, 5.41) is 9.92. The number of hydrogen-bond acceptors (Lipinski definition) is 4. The smallest absolute Gasteiger partial charge is 0.159 e. The second kappa shape index (κ2) is 18.6. The van der Waals surface area contributed by atoms with Crippen LogP contribution in [0.25, 0.3) is 76.7 Å². The van der Waals surface area contributed by atoms with Crippen molar-refractivity contribution in [2.45, 2.75) is 104 Å². The molecule has 2 aliphatic carbocycles. The average molecular weight is 915 g/mol. The van der Waals surface area contributed by atoms with Crippen LogP contribution in [0.15, 0.2) is 179 Å². The first-order chi connectivity index (χ1) is 34.5. The molecule has 0 atom stereocenters. The monoisotopic (exact) mass is 914 g/mol. The fourth-order valence-corrected chi connectivity index (χ4v) is 12.4. The minimum Gasteiger partial charge on any atom is -0.454 e. The van der Waals surface area contributed by atoms with Gasteiger partial charge in [0.25, 0.3) is 0 Å². The standard InChI is InChI=1S/C66H62N2O2/c1-5-49(45-25-11-7-12-26-45)63-43(3)44(4)64(69-63)59(6-2)67(47-29-15-9-16-30-47)61-41-57-52-34-20-22-36-54(52)62(42-58(57)51-33-19-21-35-53(51)61)68(48-31-17-10-18-32-48)60-40-24-39-56-55-38-23-37-50(65(55)70-66(56)60)46-27-13-8-14-28-46/h5-8,11-14,19-28,33-42,47-48H,9-10,15-18,29-32H2,1-4H3/b49-5-,59-6+. The van der Waals surface area contributed by atoms with Crippen molar-refractivity contribution in [1.29, 1.82) is 0 Å². The number of para-hydroxylation sites is 2. The number of rotatable bonds is 10. The maximum absolute atomic E-state index is 7.20. The van der Waals surface area contributed by atoms with E-state index in [1.54, 1.807) is 0 Å². The fourth-order valence-electron chi connectivity index (χ4n) is 12.4. The normalized spacial score (nSPS) is 15.5. The number of fused-ring (bicyclic) bond motifs is 8. The summed E-state index contributed by atoms with van der Waals surface area (Å²) in [6, 6.07) is 58.8. The number of furan rings is 2. The second-order valence-electron chi connectivity index (χ2n) is 19.9. The summed E-state index contributed by atoms with van der Waals surface area (Å²) in [6.45, 7) is 8.80. The Kier molecular flexibility index (Phi) is 11.6. The van der Waals surface area contributed by atoms with Gasteiger partial charge in [-0.3, -0.25) is 0 Å². The first-order valence-corrected chi connectivity index (χ1v) is 26.0. The molecule has 10 aromatic rings. The molecule has 2 aliphatic rings. The van der Waals surface area contributed by atoms with E-state index >= 15 is 0 Å². The predicted octanol–water partition coefficient (Wildman–Crippen LogP) is 19.0. The average Bonchev–Trinajstić information content (AvgIpc) is 3.95. The quantitative estimate of drug-likeness (QED) is 0.128. The molecule has 0 saturated heterocycles. The van der Waals surface area contributed by atoms with Crippen molar-refractivity contribution in [2.24, 2.45) is 0 Å². The maximum Gasteiger partial charge on any atom is 0.159 e. The Morgan fingerprint density at radius 2 is 0.971 bits per heavy atom. The molecule has 12 rings (SSSR count). The zero-order chi connectivity index (χ0) is 47.3. The topological polar surface area (TPSA) is 32.8 Å². The van der Waals surface area contributed by atoms with Gasteiger partial charge in [-0.2, -0.15) is 0 Å². The molecular formula is C66H62N2O2. The summed E-state index contributed by atoms with van der Waals surface area (Å²) >= 11 is 0. The van der Waals surface area contributed by atoms with Crippen molar-refractivity contribution < 1.29 is 8.83 Å². The molecule has 70 heavy (non-hydrogen) atoms. The van der Waals surface area contributed by atoms with Crippen molar-refractivity contribution in [2.75, 3.05) is 9.80 Å². The molecule has 348 valence electrons. The summed E-state index contributed by atoms with van der Waals surface area (Å²) in [4.78, 5) is 5.38. The molecule has 0 N–H and O–H groups in total. The van der Waals surface area contributed by atoms with Gasteiger partial charge in [-0.1, -0.05) is 190 Å². The van der Waals surface area contributed by atoms with Gasteiger partial charge in [0.15, 0.2) is 11.3 Å². The largest absolute Gasteiger partial charge is 0.454 e. The van der Waals surface area contributed by atoms with Crippen molar-refractivity contribution in [1.82, 2.24) is 0 Å². The molecule has 2 fully saturated rings. The summed E-state index contributed by atoms with van der Waals surface area (Å²) in [7, 11) is 0. The lowest BCUT2D eigenvalue weighted by Crippen LogP contribution is -2.36. The highest BCUT2D eigenvalue weighted by Gasteiger charge is 2.33.